The van der Waals surface area contributed by atoms with Gasteiger partial charge in [-0.05, 0) is 47.0 Å². The molecule has 0 aliphatic carbocycles. The number of ether oxygens (including phenoxy) is 2. The molecule has 3 aromatic rings. The maximum Gasteiger partial charge on any atom is 0.246 e. The van der Waals surface area contributed by atoms with Crippen molar-refractivity contribution in [2.75, 3.05) is 20.8 Å². The Morgan fingerprint density at radius 2 is 1.90 bits per heavy atom. The largest absolute Gasteiger partial charge is 0.493 e. The lowest BCUT2D eigenvalue weighted by atomic mass is 9.98. The Bertz CT molecular complexity index is 1050. The van der Waals surface area contributed by atoms with Gasteiger partial charge in [0.2, 0.25) is 11.7 Å². The van der Waals surface area contributed by atoms with Gasteiger partial charge in [0.05, 0.1) is 14.2 Å². The summed E-state index contributed by atoms with van der Waals surface area (Å²) in [5.74, 6) is 1.72. The molecular formula is C20H20ClN5O3. The number of methoxy groups -OCH3 is 2. The van der Waals surface area contributed by atoms with Gasteiger partial charge in [0.25, 0.3) is 0 Å². The summed E-state index contributed by atoms with van der Waals surface area (Å²) in [5.41, 5.74) is 2.96. The first-order valence-corrected chi connectivity index (χ1v) is 9.50. The fraction of sp³-hybridized carbons (Fsp3) is 0.300. The lowest BCUT2D eigenvalue weighted by Crippen LogP contribution is -2.38. The van der Waals surface area contributed by atoms with Crippen molar-refractivity contribution in [3.8, 4) is 22.9 Å². The van der Waals surface area contributed by atoms with Crippen LogP contribution < -0.4 is 9.47 Å². The fourth-order valence-electron chi connectivity index (χ4n) is 3.37. The van der Waals surface area contributed by atoms with Gasteiger partial charge in [-0.3, -0.25) is 4.79 Å². The van der Waals surface area contributed by atoms with Crippen molar-refractivity contribution in [3.05, 3.63) is 52.5 Å². The van der Waals surface area contributed by atoms with Crippen LogP contribution in [0.1, 0.15) is 11.1 Å². The Kier molecular flexibility index (Phi) is 5.35. The molecule has 1 amide bonds. The van der Waals surface area contributed by atoms with E-state index >= 15 is 0 Å². The van der Waals surface area contributed by atoms with Crippen LogP contribution in [0.15, 0.2) is 36.4 Å². The Hall–Kier alpha value is -3.13. The van der Waals surface area contributed by atoms with Crippen molar-refractivity contribution in [3.63, 3.8) is 0 Å². The van der Waals surface area contributed by atoms with Crippen LogP contribution in [0.25, 0.3) is 11.4 Å². The number of benzene rings is 2. The van der Waals surface area contributed by atoms with Gasteiger partial charge in [-0.1, -0.05) is 23.7 Å². The topological polar surface area (TPSA) is 82.4 Å². The Balaban J connectivity index is 1.46. The third-order valence-corrected chi connectivity index (χ3v) is 5.12. The number of hydrogen-bond donors (Lipinski definition) is 0. The lowest BCUT2D eigenvalue weighted by molar-refractivity contribution is -0.133. The minimum Gasteiger partial charge on any atom is -0.493 e. The van der Waals surface area contributed by atoms with Gasteiger partial charge in [0.15, 0.2) is 11.5 Å². The van der Waals surface area contributed by atoms with E-state index in [1.165, 1.54) is 4.80 Å². The summed E-state index contributed by atoms with van der Waals surface area (Å²) >= 11 is 6.01. The second kappa shape index (κ2) is 8.08. The van der Waals surface area contributed by atoms with E-state index in [1.807, 2.05) is 24.3 Å². The number of halogens is 1. The minimum atomic E-state index is -0.0690. The predicted molar refractivity (Wildman–Crippen MR) is 107 cm³/mol. The van der Waals surface area contributed by atoms with Crippen LogP contribution in [0.5, 0.6) is 11.5 Å². The number of carbonyl (C=O) groups is 1. The van der Waals surface area contributed by atoms with Crippen LogP contribution in [-0.4, -0.2) is 51.8 Å². The molecule has 9 heteroatoms. The molecule has 29 heavy (non-hydrogen) atoms. The number of aromatic nitrogens is 4. The molecule has 150 valence electrons. The molecule has 0 fully saturated rings. The molecule has 0 spiro atoms. The number of fused-ring (bicyclic) bond motifs is 1. The quantitative estimate of drug-likeness (QED) is 0.639. The number of amides is 1. The van der Waals surface area contributed by atoms with E-state index in [0.29, 0.717) is 35.4 Å². The molecular weight excluding hydrogens is 394 g/mol. The maximum absolute atomic E-state index is 12.8. The number of nitrogens with zero attached hydrogens (tertiary/aromatic N) is 5. The summed E-state index contributed by atoms with van der Waals surface area (Å²) in [6, 6.07) is 11.1. The van der Waals surface area contributed by atoms with Gasteiger partial charge in [-0.15, -0.1) is 10.2 Å². The highest BCUT2D eigenvalue weighted by Crippen LogP contribution is 2.33. The molecule has 0 radical (unpaired) electrons. The molecule has 0 N–H and O–H groups in total. The summed E-state index contributed by atoms with van der Waals surface area (Å²) < 4.78 is 10.7. The van der Waals surface area contributed by atoms with Crippen LogP contribution in [0.4, 0.5) is 0 Å². The highest BCUT2D eigenvalue weighted by molar-refractivity contribution is 6.30. The van der Waals surface area contributed by atoms with E-state index in [1.54, 1.807) is 31.3 Å². The van der Waals surface area contributed by atoms with Gasteiger partial charge in [0.1, 0.15) is 6.54 Å². The first kappa shape index (κ1) is 19.2. The highest BCUT2D eigenvalue weighted by atomic mass is 35.5. The van der Waals surface area contributed by atoms with Crippen LogP contribution in [0.2, 0.25) is 5.02 Å². The SMILES string of the molecule is COc1cc2c(cc1OC)CN(C(=O)Cn1nnc(-c3cccc(Cl)c3)n1)CC2. The van der Waals surface area contributed by atoms with Crippen LogP contribution in [0, 0.1) is 0 Å². The second-order valence-electron chi connectivity index (χ2n) is 6.69. The van der Waals surface area contributed by atoms with Crippen molar-refractivity contribution in [2.24, 2.45) is 0 Å². The minimum absolute atomic E-state index is 0.0240. The first-order valence-electron chi connectivity index (χ1n) is 9.12. The van der Waals surface area contributed by atoms with E-state index in [0.717, 1.165) is 23.1 Å². The van der Waals surface area contributed by atoms with Gasteiger partial charge in [-0.2, -0.15) is 4.80 Å². The van der Waals surface area contributed by atoms with Crippen LogP contribution in [0.3, 0.4) is 0 Å². The van der Waals surface area contributed by atoms with Crippen molar-refractivity contribution >= 4 is 17.5 Å². The van der Waals surface area contributed by atoms with E-state index in [-0.39, 0.29) is 12.5 Å². The standard InChI is InChI=1S/C20H20ClN5O3/c1-28-17-9-13-6-7-25(11-15(13)10-18(17)29-2)19(27)12-26-23-20(22-24-26)14-4-3-5-16(21)8-14/h3-5,8-10H,6-7,11-12H2,1-2H3. The Morgan fingerprint density at radius 3 is 2.62 bits per heavy atom. The van der Waals surface area contributed by atoms with Crippen LogP contribution >= 0.6 is 11.6 Å². The molecule has 0 saturated carbocycles. The number of tetrazole rings is 1. The summed E-state index contributed by atoms with van der Waals surface area (Å²) in [7, 11) is 3.22. The Morgan fingerprint density at radius 1 is 1.14 bits per heavy atom. The fourth-order valence-corrected chi connectivity index (χ4v) is 3.56. The zero-order valence-corrected chi connectivity index (χ0v) is 16.9. The molecule has 1 aromatic heterocycles. The summed E-state index contributed by atoms with van der Waals surface area (Å²) in [4.78, 5) is 15.9. The second-order valence-corrected chi connectivity index (χ2v) is 7.13. The van der Waals surface area contributed by atoms with E-state index in [2.05, 4.69) is 15.4 Å². The van der Waals surface area contributed by atoms with E-state index in [9.17, 15) is 4.79 Å². The molecule has 0 unspecified atom stereocenters. The highest BCUT2D eigenvalue weighted by Gasteiger charge is 2.23. The Labute approximate surface area is 173 Å². The monoisotopic (exact) mass is 413 g/mol. The zero-order valence-electron chi connectivity index (χ0n) is 16.1. The third kappa shape index (κ3) is 4.02. The summed E-state index contributed by atoms with van der Waals surface area (Å²) in [6.07, 6.45) is 0.750. The predicted octanol–water partition coefficient (Wildman–Crippen LogP) is 2.60. The van der Waals surface area contributed by atoms with Crippen molar-refractivity contribution in [1.82, 2.24) is 25.1 Å². The van der Waals surface area contributed by atoms with Crippen molar-refractivity contribution < 1.29 is 14.3 Å². The molecule has 0 saturated heterocycles. The smallest absolute Gasteiger partial charge is 0.246 e. The average molecular weight is 414 g/mol. The van der Waals surface area contributed by atoms with Crippen LogP contribution in [-0.2, 0) is 24.3 Å². The molecule has 4 rings (SSSR count). The third-order valence-electron chi connectivity index (χ3n) is 4.88. The number of carbonyl (C=O) groups excluding carboxylic acids is 1. The lowest BCUT2D eigenvalue weighted by Gasteiger charge is -2.29. The normalized spacial score (nSPS) is 13.1. The molecule has 2 heterocycles. The number of rotatable bonds is 5. The van der Waals surface area contributed by atoms with Crippen molar-refractivity contribution in [1.29, 1.82) is 0 Å². The van der Waals surface area contributed by atoms with E-state index < -0.39 is 0 Å². The van der Waals surface area contributed by atoms with Crippen molar-refractivity contribution in [2.45, 2.75) is 19.5 Å². The average Bonchev–Trinajstić information content (AvgIpc) is 3.20. The molecule has 1 aliphatic rings. The molecule has 1 aliphatic heterocycles. The van der Waals surface area contributed by atoms with Gasteiger partial charge in [0, 0.05) is 23.7 Å². The number of hydrogen-bond acceptors (Lipinski definition) is 6. The first-order chi connectivity index (χ1) is 14.1. The van der Waals surface area contributed by atoms with Gasteiger partial charge < -0.3 is 14.4 Å². The molecule has 8 nitrogen and oxygen atoms in total. The molecule has 0 atom stereocenters. The maximum atomic E-state index is 12.8. The van der Waals surface area contributed by atoms with Gasteiger partial charge in [-0.25, -0.2) is 0 Å². The molecule has 0 bridgehead atoms. The summed E-state index contributed by atoms with van der Waals surface area (Å²) in [5, 5.41) is 12.9. The van der Waals surface area contributed by atoms with E-state index in [4.69, 9.17) is 21.1 Å². The molecule has 2 aromatic carbocycles. The van der Waals surface area contributed by atoms with Gasteiger partial charge >= 0.3 is 0 Å². The summed E-state index contributed by atoms with van der Waals surface area (Å²) in [6.45, 7) is 1.15. The zero-order chi connectivity index (χ0) is 20.4.